The van der Waals surface area contributed by atoms with Crippen LogP contribution in [0.3, 0.4) is 0 Å². The van der Waals surface area contributed by atoms with Crippen LogP contribution in [-0.2, 0) is 0 Å². The highest BCUT2D eigenvalue weighted by Crippen LogP contribution is 2.18. The number of unbranched alkanes of at least 4 members (excludes halogenated alkanes) is 1. The van der Waals surface area contributed by atoms with Crippen LogP contribution in [0.15, 0.2) is 47.1 Å². The molecule has 0 fully saturated rings. The van der Waals surface area contributed by atoms with Crippen molar-refractivity contribution < 1.29 is 0 Å². The molecule has 0 saturated carbocycles. The van der Waals surface area contributed by atoms with E-state index in [1.807, 2.05) is 83.1 Å². The quantitative estimate of drug-likeness (QED) is 0.139. The van der Waals surface area contributed by atoms with E-state index in [-0.39, 0.29) is 0 Å². The van der Waals surface area contributed by atoms with Gasteiger partial charge < -0.3 is 5.73 Å². The van der Waals surface area contributed by atoms with Crippen molar-refractivity contribution in [2.45, 2.75) is 251 Å². The molecule has 0 heterocycles. The first-order chi connectivity index (χ1) is 24.8. The molecular formula is C51H113N. The Bertz CT molecular complexity index is 639. The zero-order valence-corrected chi connectivity index (χ0v) is 42.3. The van der Waals surface area contributed by atoms with Crippen LogP contribution in [-0.4, -0.2) is 6.54 Å². The lowest BCUT2D eigenvalue weighted by Crippen LogP contribution is -2.01. The predicted molar refractivity (Wildman–Crippen MR) is 260 cm³/mol. The molecule has 0 aromatic heterocycles. The normalized spacial score (nSPS) is 10.4. The van der Waals surface area contributed by atoms with Crippen molar-refractivity contribution in [2.75, 3.05) is 6.54 Å². The lowest BCUT2D eigenvalue weighted by molar-refractivity contribution is 0.466. The number of allylic oxidation sites excluding steroid dienone is 6. The summed E-state index contributed by atoms with van der Waals surface area (Å²) in [4.78, 5) is 0. The number of nitrogens with two attached hydrogens (primary N) is 1. The molecule has 0 radical (unpaired) electrons. The Labute approximate surface area is 339 Å². The summed E-state index contributed by atoms with van der Waals surface area (Å²) in [7, 11) is 0. The lowest BCUT2D eigenvalue weighted by atomic mass is 9.96. The number of hydrogen-bond acceptors (Lipinski definition) is 1. The van der Waals surface area contributed by atoms with E-state index >= 15 is 0 Å². The molecule has 0 aliphatic heterocycles. The summed E-state index contributed by atoms with van der Waals surface area (Å²) in [5.41, 5.74) is 10.7. The molecular weight excluding hydrogens is 627 g/mol. The maximum atomic E-state index is 5.49. The molecule has 0 bridgehead atoms. The van der Waals surface area contributed by atoms with Gasteiger partial charge in [0.2, 0.25) is 0 Å². The minimum Gasteiger partial charge on any atom is -0.330 e. The molecule has 0 amide bonds. The van der Waals surface area contributed by atoms with E-state index in [0.717, 1.165) is 36.8 Å². The first-order valence-electron chi connectivity index (χ1n) is 22.6. The van der Waals surface area contributed by atoms with Gasteiger partial charge in [0.15, 0.2) is 0 Å². The largest absolute Gasteiger partial charge is 0.330 e. The Morgan fingerprint density at radius 1 is 0.673 bits per heavy atom. The van der Waals surface area contributed by atoms with Gasteiger partial charge in [-0.25, -0.2) is 0 Å². The van der Waals surface area contributed by atoms with Gasteiger partial charge in [-0.15, -0.1) is 6.42 Å². The molecule has 322 valence electrons. The summed E-state index contributed by atoms with van der Waals surface area (Å²) in [6.07, 6.45) is 25.9. The van der Waals surface area contributed by atoms with Crippen LogP contribution in [0.4, 0.5) is 0 Å². The van der Waals surface area contributed by atoms with E-state index in [0.29, 0.717) is 5.92 Å². The van der Waals surface area contributed by atoms with Crippen molar-refractivity contribution in [3.63, 3.8) is 0 Å². The fourth-order valence-electron chi connectivity index (χ4n) is 3.63. The third kappa shape index (κ3) is 118. The highest BCUT2D eigenvalue weighted by Gasteiger charge is 2.02. The maximum absolute atomic E-state index is 5.49. The van der Waals surface area contributed by atoms with Crippen molar-refractivity contribution in [3.8, 4) is 12.3 Å². The third-order valence-corrected chi connectivity index (χ3v) is 6.31. The minimum absolute atomic E-state index is 0.571. The molecule has 0 aliphatic rings. The highest BCUT2D eigenvalue weighted by atomic mass is 14.5. The Hall–Kier alpha value is -1.52. The Kier molecular flexibility index (Phi) is 141. The summed E-state index contributed by atoms with van der Waals surface area (Å²) in [6.45, 7) is 58.8. The van der Waals surface area contributed by atoms with E-state index in [1.54, 1.807) is 6.92 Å². The standard InChI is InChI=1S/C12H23N.C10H20.C9H20.C5H6.C3H8.6C2H6/c1-5-12(6-2)11(4)9-10(3)7-8-13;1-5-10(4)8-6-7-9(2)3;1-4-6-8-9(3)7-5-2;1-4-5(2)3;1-3-2;6*1-2/h5,9,11H,6-8,13H2,1-4H3;8-9H,5-7H2,1-4H3;9H,4-8H2,1-3H3;1H,2H2,3H3;3H2,1-2H3;6*1-2H3/b10-9+,12-5-;10-8+;;;;;;;;;. The first kappa shape index (κ1) is 79.3. The van der Waals surface area contributed by atoms with Crippen LogP contribution in [0.1, 0.15) is 251 Å². The minimum atomic E-state index is 0.571. The van der Waals surface area contributed by atoms with E-state index in [2.05, 4.69) is 121 Å². The maximum Gasteiger partial charge on any atom is -0.00400 e. The molecule has 0 rings (SSSR count). The number of rotatable bonds is 14. The lowest BCUT2D eigenvalue weighted by Gasteiger charge is -2.11. The van der Waals surface area contributed by atoms with Gasteiger partial charge in [0.05, 0.1) is 0 Å². The summed E-state index contributed by atoms with van der Waals surface area (Å²) in [5, 5.41) is 0. The van der Waals surface area contributed by atoms with E-state index in [4.69, 9.17) is 12.2 Å². The van der Waals surface area contributed by atoms with Crippen molar-refractivity contribution in [2.24, 2.45) is 23.5 Å². The zero-order chi connectivity index (χ0) is 44.4. The smallest absolute Gasteiger partial charge is 0.00400 e. The summed E-state index contributed by atoms with van der Waals surface area (Å²) in [6, 6.07) is 0. The first-order valence-corrected chi connectivity index (χ1v) is 22.6. The van der Waals surface area contributed by atoms with Crippen LogP contribution >= 0.6 is 0 Å². The monoisotopic (exact) mass is 740 g/mol. The van der Waals surface area contributed by atoms with E-state index in [1.165, 1.54) is 74.5 Å². The average Bonchev–Trinajstić information content (AvgIpc) is 3.17. The van der Waals surface area contributed by atoms with Gasteiger partial charge >= 0.3 is 0 Å². The van der Waals surface area contributed by atoms with Crippen LogP contribution in [0.5, 0.6) is 0 Å². The van der Waals surface area contributed by atoms with Gasteiger partial charge in [0.25, 0.3) is 0 Å². The Morgan fingerprint density at radius 3 is 1.33 bits per heavy atom. The van der Waals surface area contributed by atoms with Crippen molar-refractivity contribution >= 4 is 0 Å². The number of terminal acetylenes is 1. The molecule has 2 N–H and O–H groups in total. The number of hydrogen-bond donors (Lipinski definition) is 1. The molecule has 0 aromatic carbocycles. The molecule has 1 heteroatoms. The van der Waals surface area contributed by atoms with E-state index < -0.39 is 0 Å². The molecule has 2 unspecified atom stereocenters. The van der Waals surface area contributed by atoms with Gasteiger partial charge in [0.1, 0.15) is 0 Å². The molecule has 0 aromatic rings. The van der Waals surface area contributed by atoms with Crippen LogP contribution in [0, 0.1) is 30.1 Å². The van der Waals surface area contributed by atoms with Crippen molar-refractivity contribution in [1.82, 2.24) is 0 Å². The van der Waals surface area contributed by atoms with Gasteiger partial charge in [0, 0.05) is 0 Å². The molecule has 0 spiro atoms. The topological polar surface area (TPSA) is 26.0 Å². The Balaban J connectivity index is -0.0000000435. The van der Waals surface area contributed by atoms with Gasteiger partial charge in [-0.1, -0.05) is 238 Å². The van der Waals surface area contributed by atoms with Crippen LogP contribution < -0.4 is 5.73 Å². The van der Waals surface area contributed by atoms with Gasteiger partial charge in [-0.3, -0.25) is 0 Å². The van der Waals surface area contributed by atoms with Crippen LogP contribution in [0.2, 0.25) is 0 Å². The summed E-state index contributed by atoms with van der Waals surface area (Å²) >= 11 is 0. The van der Waals surface area contributed by atoms with Crippen molar-refractivity contribution in [1.29, 1.82) is 0 Å². The molecule has 2 atom stereocenters. The SMILES string of the molecule is C#CC(=C)C.C/C=C(/CC)C(C)/C=C(\C)CCN.CC.CC.CC.CC.CC.CC.CC/C(C)=C/CCC(C)C.CCC.CCCCC(C)CCC. The average molecular weight is 740 g/mol. The van der Waals surface area contributed by atoms with Gasteiger partial charge in [-0.2, -0.15) is 0 Å². The molecule has 52 heavy (non-hydrogen) atoms. The van der Waals surface area contributed by atoms with Crippen LogP contribution in [0.25, 0.3) is 0 Å². The second kappa shape index (κ2) is 92.4. The third-order valence-electron chi connectivity index (χ3n) is 6.31. The highest BCUT2D eigenvalue weighted by molar-refractivity contribution is 5.17. The second-order valence-electron chi connectivity index (χ2n) is 11.6. The van der Waals surface area contributed by atoms with Gasteiger partial charge in [-0.05, 0) is 89.7 Å². The van der Waals surface area contributed by atoms with E-state index in [9.17, 15) is 0 Å². The molecule has 1 nitrogen and oxygen atoms in total. The Morgan fingerprint density at radius 2 is 1.08 bits per heavy atom. The molecule has 0 aliphatic carbocycles. The zero-order valence-electron chi connectivity index (χ0n) is 42.3. The summed E-state index contributed by atoms with van der Waals surface area (Å²) < 4.78 is 0. The van der Waals surface area contributed by atoms with Crippen molar-refractivity contribution in [3.05, 3.63) is 47.1 Å². The predicted octanol–water partition coefficient (Wildman–Crippen LogP) is 19.4. The summed E-state index contributed by atoms with van der Waals surface area (Å²) in [5.74, 6) is 4.72. The molecule has 0 saturated heterocycles. The fourth-order valence-corrected chi connectivity index (χ4v) is 3.63. The second-order valence-corrected chi connectivity index (χ2v) is 11.6. The fraction of sp³-hybridized carbons (Fsp3) is 0.804.